The van der Waals surface area contributed by atoms with Gasteiger partial charge in [-0.3, -0.25) is 10.1 Å². The Morgan fingerprint density at radius 1 is 1.17 bits per heavy atom. The number of amides is 1. The highest BCUT2D eigenvalue weighted by Gasteiger charge is 2.11. The molecule has 1 amide bonds. The molecule has 0 bridgehead atoms. The fraction of sp³-hybridized carbons (Fsp3) is 0.182. The van der Waals surface area contributed by atoms with Crippen LogP contribution in [0.5, 0.6) is 5.75 Å². The van der Waals surface area contributed by atoms with Gasteiger partial charge in [0.15, 0.2) is 5.11 Å². The largest absolute Gasteiger partial charge is 0.494 e. The van der Waals surface area contributed by atoms with Crippen molar-refractivity contribution in [1.29, 1.82) is 0 Å². The highest BCUT2D eigenvalue weighted by atomic mass is 32.1. The molecule has 0 aliphatic carbocycles. The summed E-state index contributed by atoms with van der Waals surface area (Å²) in [5.74, 6) is 1.51. The minimum absolute atomic E-state index is 0.139. The van der Waals surface area contributed by atoms with Crippen LogP contribution in [0.25, 0.3) is 11.3 Å². The van der Waals surface area contributed by atoms with Gasteiger partial charge >= 0.3 is 0 Å². The molecule has 2 aromatic carbocycles. The maximum Gasteiger partial charge on any atom is 0.257 e. The van der Waals surface area contributed by atoms with E-state index in [1.807, 2.05) is 38.1 Å². The molecule has 29 heavy (non-hydrogen) atoms. The van der Waals surface area contributed by atoms with Crippen LogP contribution >= 0.6 is 12.2 Å². The number of benzene rings is 2. The lowest BCUT2D eigenvalue weighted by atomic mass is 10.1. The number of aryl methyl sites for hydroxylation is 1. The molecule has 0 fully saturated rings. The molecule has 0 spiro atoms. The van der Waals surface area contributed by atoms with E-state index >= 15 is 0 Å². The van der Waals surface area contributed by atoms with Crippen molar-refractivity contribution in [1.82, 2.24) is 5.32 Å². The summed E-state index contributed by atoms with van der Waals surface area (Å²) in [6, 6.07) is 16.1. The van der Waals surface area contributed by atoms with Gasteiger partial charge < -0.3 is 19.6 Å². The number of rotatable bonds is 6. The average Bonchev–Trinajstić information content (AvgIpc) is 3.17. The van der Waals surface area contributed by atoms with Gasteiger partial charge in [-0.05, 0) is 80.2 Å². The number of hydrogen-bond acceptors (Lipinski definition) is 5. The van der Waals surface area contributed by atoms with E-state index in [4.69, 9.17) is 26.5 Å². The van der Waals surface area contributed by atoms with Gasteiger partial charge in [-0.1, -0.05) is 6.07 Å². The van der Waals surface area contributed by atoms with E-state index in [0.717, 1.165) is 16.8 Å². The molecule has 150 valence electrons. The SMILES string of the molecule is CCOc1cccc(C(=O)NC(=S)Nc2ccc(-c3ccc(CO)o3)c(C)c2)c1. The van der Waals surface area contributed by atoms with Gasteiger partial charge in [0, 0.05) is 16.8 Å². The van der Waals surface area contributed by atoms with Crippen LogP contribution in [-0.4, -0.2) is 22.7 Å². The van der Waals surface area contributed by atoms with Crippen LogP contribution in [0.1, 0.15) is 28.6 Å². The van der Waals surface area contributed by atoms with Crippen LogP contribution in [-0.2, 0) is 6.61 Å². The standard InChI is InChI=1S/C22H22N2O4S/c1-3-27-17-6-4-5-15(12-17)21(26)24-22(29)23-16-7-9-19(14(2)11-16)20-10-8-18(13-25)28-20/h4-12,25H,3,13H2,1-2H3,(H2,23,24,26,29). The Balaban J connectivity index is 1.65. The first-order valence-electron chi connectivity index (χ1n) is 9.16. The predicted molar refractivity (Wildman–Crippen MR) is 116 cm³/mol. The average molecular weight is 410 g/mol. The number of aliphatic hydroxyl groups is 1. The number of furan rings is 1. The molecule has 0 atom stereocenters. The molecule has 0 saturated carbocycles. The molecular weight excluding hydrogens is 388 g/mol. The molecule has 0 aliphatic heterocycles. The zero-order valence-corrected chi connectivity index (χ0v) is 17.0. The van der Waals surface area contributed by atoms with E-state index in [0.29, 0.717) is 29.4 Å². The van der Waals surface area contributed by atoms with Crippen molar-refractivity contribution in [2.75, 3.05) is 11.9 Å². The lowest BCUT2D eigenvalue weighted by Crippen LogP contribution is -2.34. The second-order valence-electron chi connectivity index (χ2n) is 6.32. The third-order valence-corrected chi connectivity index (χ3v) is 4.41. The number of carbonyl (C=O) groups excluding carboxylic acids is 1. The Kier molecular flexibility index (Phi) is 6.64. The molecule has 6 nitrogen and oxygen atoms in total. The number of anilines is 1. The van der Waals surface area contributed by atoms with Gasteiger partial charge in [-0.2, -0.15) is 0 Å². The Morgan fingerprint density at radius 3 is 2.69 bits per heavy atom. The summed E-state index contributed by atoms with van der Waals surface area (Å²) in [4.78, 5) is 12.4. The topological polar surface area (TPSA) is 83.7 Å². The van der Waals surface area contributed by atoms with E-state index in [1.165, 1.54) is 0 Å². The molecule has 3 aromatic rings. The Hall–Kier alpha value is -3.16. The summed E-state index contributed by atoms with van der Waals surface area (Å²) >= 11 is 5.26. The van der Waals surface area contributed by atoms with E-state index < -0.39 is 0 Å². The maximum atomic E-state index is 12.4. The van der Waals surface area contributed by atoms with Gasteiger partial charge in [-0.25, -0.2) is 0 Å². The first-order valence-corrected chi connectivity index (χ1v) is 9.56. The molecule has 7 heteroatoms. The first-order chi connectivity index (χ1) is 14.0. The van der Waals surface area contributed by atoms with Gasteiger partial charge in [0.1, 0.15) is 23.9 Å². The van der Waals surface area contributed by atoms with Crippen LogP contribution in [0.4, 0.5) is 5.69 Å². The van der Waals surface area contributed by atoms with E-state index in [-0.39, 0.29) is 17.6 Å². The number of carbonyl (C=O) groups is 1. The summed E-state index contributed by atoms with van der Waals surface area (Å²) in [6.45, 7) is 4.22. The highest BCUT2D eigenvalue weighted by molar-refractivity contribution is 7.80. The molecular formula is C22H22N2O4S. The molecule has 1 heterocycles. The zero-order valence-electron chi connectivity index (χ0n) is 16.2. The van der Waals surface area contributed by atoms with Crippen LogP contribution in [0.3, 0.4) is 0 Å². The van der Waals surface area contributed by atoms with E-state index in [9.17, 15) is 4.79 Å². The van der Waals surface area contributed by atoms with Crippen molar-refractivity contribution in [3.05, 3.63) is 71.5 Å². The fourth-order valence-electron chi connectivity index (χ4n) is 2.86. The molecule has 3 N–H and O–H groups in total. The minimum Gasteiger partial charge on any atom is -0.494 e. The quantitative estimate of drug-likeness (QED) is 0.526. The normalized spacial score (nSPS) is 10.4. The van der Waals surface area contributed by atoms with Gasteiger partial charge in [0.05, 0.1) is 6.61 Å². The van der Waals surface area contributed by atoms with Gasteiger partial charge in [-0.15, -0.1) is 0 Å². The molecule has 1 aromatic heterocycles. The van der Waals surface area contributed by atoms with Crippen molar-refractivity contribution in [3.8, 4) is 17.1 Å². The molecule has 0 unspecified atom stereocenters. The van der Waals surface area contributed by atoms with Crippen molar-refractivity contribution in [2.24, 2.45) is 0 Å². The third-order valence-electron chi connectivity index (χ3n) is 4.20. The number of aliphatic hydroxyl groups excluding tert-OH is 1. The Bertz CT molecular complexity index is 1030. The number of nitrogens with one attached hydrogen (secondary N) is 2. The van der Waals surface area contributed by atoms with Crippen molar-refractivity contribution >= 4 is 28.9 Å². The number of thiocarbonyl (C=S) groups is 1. The minimum atomic E-state index is -0.315. The van der Waals surface area contributed by atoms with Gasteiger partial charge in [0.2, 0.25) is 0 Å². The molecule has 3 rings (SSSR count). The van der Waals surface area contributed by atoms with Crippen LogP contribution < -0.4 is 15.4 Å². The zero-order chi connectivity index (χ0) is 20.8. The van der Waals surface area contributed by atoms with Crippen molar-refractivity contribution in [3.63, 3.8) is 0 Å². The van der Waals surface area contributed by atoms with Crippen molar-refractivity contribution in [2.45, 2.75) is 20.5 Å². The van der Waals surface area contributed by atoms with Crippen LogP contribution in [0.2, 0.25) is 0 Å². The van der Waals surface area contributed by atoms with E-state index in [1.54, 1.807) is 30.3 Å². The monoisotopic (exact) mass is 410 g/mol. The second-order valence-corrected chi connectivity index (χ2v) is 6.73. The molecule has 0 radical (unpaired) electrons. The lowest BCUT2D eigenvalue weighted by Gasteiger charge is -2.12. The van der Waals surface area contributed by atoms with Crippen LogP contribution in [0, 0.1) is 6.92 Å². The Morgan fingerprint density at radius 2 is 2.00 bits per heavy atom. The Labute approximate surface area is 174 Å². The predicted octanol–water partition coefficient (Wildman–Crippen LogP) is 4.27. The highest BCUT2D eigenvalue weighted by Crippen LogP contribution is 2.27. The van der Waals surface area contributed by atoms with Gasteiger partial charge in [0.25, 0.3) is 5.91 Å². The summed E-state index contributed by atoms with van der Waals surface area (Å²) in [7, 11) is 0. The number of hydrogen-bond donors (Lipinski definition) is 3. The molecule has 0 saturated heterocycles. The second kappa shape index (κ2) is 9.36. The van der Waals surface area contributed by atoms with Crippen LogP contribution in [0.15, 0.2) is 59.0 Å². The summed E-state index contributed by atoms with van der Waals surface area (Å²) in [5, 5.41) is 15.0. The third kappa shape index (κ3) is 5.22. The smallest absolute Gasteiger partial charge is 0.257 e. The first kappa shape index (κ1) is 20.6. The van der Waals surface area contributed by atoms with Crippen molar-refractivity contribution < 1.29 is 19.1 Å². The molecule has 0 aliphatic rings. The maximum absolute atomic E-state index is 12.4. The fourth-order valence-corrected chi connectivity index (χ4v) is 3.07. The summed E-state index contributed by atoms with van der Waals surface area (Å²) < 4.78 is 11.0. The summed E-state index contributed by atoms with van der Waals surface area (Å²) in [5.41, 5.74) is 3.09. The lowest BCUT2D eigenvalue weighted by molar-refractivity contribution is 0.0977. The number of ether oxygens (including phenoxy) is 1. The summed E-state index contributed by atoms with van der Waals surface area (Å²) in [6.07, 6.45) is 0. The van der Waals surface area contributed by atoms with E-state index in [2.05, 4.69) is 10.6 Å².